The van der Waals surface area contributed by atoms with Crippen LogP contribution in [0.3, 0.4) is 0 Å². The summed E-state index contributed by atoms with van der Waals surface area (Å²) < 4.78 is 0. The van der Waals surface area contributed by atoms with Crippen LogP contribution in [-0.4, -0.2) is 67.0 Å². The molecule has 0 spiro atoms. The molecule has 0 radical (unpaired) electrons. The molecule has 1 aliphatic rings. The van der Waals surface area contributed by atoms with Gasteiger partial charge in [-0.05, 0) is 40.3 Å². The van der Waals surface area contributed by atoms with Crippen molar-refractivity contribution in [3.8, 4) is 0 Å². The maximum Gasteiger partial charge on any atom is 0.320 e. The Morgan fingerprint density at radius 3 is 2.50 bits per heavy atom. The van der Waals surface area contributed by atoms with Crippen LogP contribution in [0.2, 0.25) is 0 Å². The van der Waals surface area contributed by atoms with Crippen LogP contribution in [0.5, 0.6) is 0 Å². The lowest BCUT2D eigenvalue weighted by Crippen LogP contribution is -2.51. The minimum absolute atomic E-state index is 0.172. The summed E-state index contributed by atoms with van der Waals surface area (Å²) in [6.45, 7) is 7.81. The van der Waals surface area contributed by atoms with Crippen molar-refractivity contribution in [2.75, 3.05) is 40.3 Å². The fraction of sp³-hybridized carbons (Fsp3) is 0.917. The summed E-state index contributed by atoms with van der Waals surface area (Å²) in [6, 6.07) is 0.553. The van der Waals surface area contributed by atoms with Gasteiger partial charge in [-0.25, -0.2) is 4.79 Å². The van der Waals surface area contributed by atoms with E-state index < -0.39 is 0 Å². The Morgan fingerprint density at radius 1 is 1.38 bits per heavy atom. The summed E-state index contributed by atoms with van der Waals surface area (Å²) in [5.74, 6) is 0. The molecule has 0 aromatic rings. The molecule has 0 aromatic heterocycles. The highest BCUT2D eigenvalue weighted by Crippen LogP contribution is 2.14. The Balaban J connectivity index is 2.55. The van der Waals surface area contributed by atoms with Crippen LogP contribution < -0.4 is 0 Å². The normalized spacial score (nSPS) is 21.9. The van der Waals surface area contributed by atoms with Crippen molar-refractivity contribution in [2.24, 2.45) is 0 Å². The van der Waals surface area contributed by atoms with Crippen LogP contribution in [0.1, 0.15) is 26.7 Å². The number of nitrogens with zero attached hydrogens (tertiary/aromatic N) is 3. The van der Waals surface area contributed by atoms with E-state index in [1.165, 1.54) is 6.42 Å². The number of piperidine rings is 1. The molecule has 1 aliphatic heterocycles. The Labute approximate surface area is 99.2 Å². The maximum atomic E-state index is 12.1. The lowest BCUT2D eigenvalue weighted by atomic mass is 10.1. The number of rotatable bonds is 3. The van der Waals surface area contributed by atoms with Gasteiger partial charge < -0.3 is 14.7 Å². The summed E-state index contributed by atoms with van der Waals surface area (Å²) in [6.07, 6.45) is 2.32. The molecule has 1 rings (SSSR count). The molecule has 16 heavy (non-hydrogen) atoms. The highest BCUT2D eigenvalue weighted by Gasteiger charge is 2.26. The topological polar surface area (TPSA) is 26.8 Å². The van der Waals surface area contributed by atoms with Crippen molar-refractivity contribution in [3.05, 3.63) is 0 Å². The highest BCUT2D eigenvalue weighted by atomic mass is 16.2. The van der Waals surface area contributed by atoms with Crippen molar-refractivity contribution in [1.29, 1.82) is 0 Å². The number of carbonyl (C=O) groups is 1. The zero-order valence-corrected chi connectivity index (χ0v) is 11.1. The molecule has 0 saturated carbocycles. The van der Waals surface area contributed by atoms with Crippen LogP contribution in [0, 0.1) is 0 Å². The van der Waals surface area contributed by atoms with E-state index in [-0.39, 0.29) is 6.03 Å². The molecule has 1 atom stereocenters. The van der Waals surface area contributed by atoms with Crippen molar-refractivity contribution in [1.82, 2.24) is 14.7 Å². The first-order valence-corrected chi connectivity index (χ1v) is 6.30. The van der Waals surface area contributed by atoms with Gasteiger partial charge in [0.25, 0.3) is 0 Å². The first kappa shape index (κ1) is 13.3. The number of amides is 2. The van der Waals surface area contributed by atoms with Crippen molar-refractivity contribution in [3.63, 3.8) is 0 Å². The van der Waals surface area contributed by atoms with Crippen LogP contribution in [-0.2, 0) is 0 Å². The first-order valence-electron chi connectivity index (χ1n) is 6.30. The van der Waals surface area contributed by atoms with Gasteiger partial charge >= 0.3 is 6.03 Å². The first-order chi connectivity index (χ1) is 7.60. The predicted octanol–water partition coefficient (Wildman–Crippen LogP) is 1.47. The number of hydrogen-bond donors (Lipinski definition) is 0. The fourth-order valence-corrected chi connectivity index (χ4v) is 2.33. The zero-order chi connectivity index (χ0) is 12.1. The van der Waals surface area contributed by atoms with Crippen LogP contribution in [0.4, 0.5) is 4.79 Å². The van der Waals surface area contributed by atoms with Gasteiger partial charge in [-0.1, -0.05) is 0 Å². The van der Waals surface area contributed by atoms with E-state index in [1.54, 1.807) is 0 Å². The molecular weight excluding hydrogens is 202 g/mol. The second-order valence-corrected chi connectivity index (χ2v) is 4.62. The Bertz CT molecular complexity index is 228. The zero-order valence-electron chi connectivity index (χ0n) is 11.1. The van der Waals surface area contributed by atoms with Crippen molar-refractivity contribution < 1.29 is 4.79 Å². The van der Waals surface area contributed by atoms with Gasteiger partial charge in [0.2, 0.25) is 0 Å². The minimum atomic E-state index is 0.172. The summed E-state index contributed by atoms with van der Waals surface area (Å²) >= 11 is 0. The van der Waals surface area contributed by atoms with Gasteiger partial charge in [-0.2, -0.15) is 0 Å². The molecule has 4 heteroatoms. The molecule has 1 heterocycles. The maximum absolute atomic E-state index is 12.1. The largest absolute Gasteiger partial charge is 0.325 e. The second kappa shape index (κ2) is 6.09. The van der Waals surface area contributed by atoms with Gasteiger partial charge in [-0.3, -0.25) is 0 Å². The lowest BCUT2D eigenvalue weighted by molar-refractivity contribution is 0.117. The summed E-state index contributed by atoms with van der Waals surface area (Å²) in [7, 11) is 4.06. The van der Waals surface area contributed by atoms with E-state index in [4.69, 9.17) is 0 Å². The number of carbonyl (C=O) groups excluding carboxylic acids is 1. The average Bonchev–Trinajstić information content (AvgIpc) is 2.29. The standard InChI is InChI=1S/C12H25N3O/c1-5-15(6-2)12(16)14(4)11-8-7-9-13(3)10-11/h11H,5-10H2,1-4H3. The summed E-state index contributed by atoms with van der Waals surface area (Å²) in [5, 5.41) is 0. The van der Waals surface area contributed by atoms with Crippen LogP contribution in [0.25, 0.3) is 0 Å². The van der Waals surface area contributed by atoms with E-state index >= 15 is 0 Å². The van der Waals surface area contributed by atoms with Crippen molar-refractivity contribution >= 4 is 6.03 Å². The SMILES string of the molecule is CCN(CC)C(=O)N(C)C1CCCN(C)C1. The number of likely N-dealkylation sites (N-methyl/N-ethyl adjacent to an activating group) is 2. The van der Waals surface area contributed by atoms with E-state index in [1.807, 2.05) is 30.7 Å². The number of hydrogen-bond acceptors (Lipinski definition) is 2. The third-order valence-electron chi connectivity index (χ3n) is 3.48. The Morgan fingerprint density at radius 2 is 2.00 bits per heavy atom. The van der Waals surface area contributed by atoms with E-state index in [9.17, 15) is 4.79 Å². The van der Waals surface area contributed by atoms with E-state index in [2.05, 4.69) is 11.9 Å². The molecule has 1 fully saturated rings. The molecule has 2 amide bonds. The Kier molecular flexibility index (Phi) is 5.06. The van der Waals surface area contributed by atoms with E-state index in [0.29, 0.717) is 6.04 Å². The molecule has 0 N–H and O–H groups in total. The van der Waals surface area contributed by atoms with Gasteiger partial charge in [0.1, 0.15) is 0 Å². The van der Waals surface area contributed by atoms with Crippen LogP contribution in [0.15, 0.2) is 0 Å². The second-order valence-electron chi connectivity index (χ2n) is 4.62. The van der Waals surface area contributed by atoms with Gasteiger partial charge in [0, 0.05) is 32.7 Å². The quantitative estimate of drug-likeness (QED) is 0.730. The molecule has 4 nitrogen and oxygen atoms in total. The lowest BCUT2D eigenvalue weighted by Gasteiger charge is -2.37. The van der Waals surface area contributed by atoms with E-state index in [0.717, 1.165) is 32.6 Å². The molecule has 1 unspecified atom stereocenters. The third kappa shape index (κ3) is 3.11. The molecule has 1 saturated heterocycles. The predicted molar refractivity (Wildman–Crippen MR) is 66.6 cm³/mol. The molecule has 94 valence electrons. The fourth-order valence-electron chi connectivity index (χ4n) is 2.33. The molecular formula is C12H25N3O. The molecule has 0 aliphatic carbocycles. The van der Waals surface area contributed by atoms with Gasteiger partial charge in [0.15, 0.2) is 0 Å². The van der Waals surface area contributed by atoms with Gasteiger partial charge in [-0.15, -0.1) is 0 Å². The smallest absolute Gasteiger partial charge is 0.320 e. The average molecular weight is 227 g/mol. The summed E-state index contributed by atoms with van der Waals surface area (Å²) in [4.78, 5) is 18.3. The molecule has 0 aromatic carbocycles. The minimum Gasteiger partial charge on any atom is -0.325 e. The van der Waals surface area contributed by atoms with Gasteiger partial charge in [0.05, 0.1) is 0 Å². The van der Waals surface area contributed by atoms with Crippen molar-refractivity contribution in [2.45, 2.75) is 32.7 Å². The monoisotopic (exact) mass is 227 g/mol. The van der Waals surface area contributed by atoms with Crippen LogP contribution >= 0.6 is 0 Å². The Hall–Kier alpha value is -0.770. The molecule has 0 bridgehead atoms. The number of likely N-dealkylation sites (tertiary alicyclic amines) is 1. The highest BCUT2D eigenvalue weighted by molar-refractivity contribution is 5.74. The number of urea groups is 1. The summed E-state index contributed by atoms with van der Waals surface area (Å²) in [5.41, 5.74) is 0. The third-order valence-corrected chi connectivity index (χ3v) is 3.48.